The van der Waals surface area contributed by atoms with Gasteiger partial charge in [-0.25, -0.2) is 9.79 Å². The predicted octanol–water partition coefficient (Wildman–Crippen LogP) is 4.82. The van der Waals surface area contributed by atoms with Crippen LogP contribution in [0.5, 0.6) is 11.5 Å². The van der Waals surface area contributed by atoms with Crippen molar-refractivity contribution in [2.45, 2.75) is 27.2 Å². The van der Waals surface area contributed by atoms with Gasteiger partial charge in [-0.1, -0.05) is 31.2 Å². The molecule has 1 saturated heterocycles. The number of aryl methyl sites for hydroxylation is 1. The van der Waals surface area contributed by atoms with Gasteiger partial charge in [0.05, 0.1) is 24.3 Å². The van der Waals surface area contributed by atoms with E-state index in [-0.39, 0.29) is 12.5 Å². The Morgan fingerprint density at radius 3 is 2.61 bits per heavy atom. The molecule has 3 rings (SSSR count). The smallest absolute Gasteiger partial charge is 0.344 e. The van der Waals surface area contributed by atoms with Gasteiger partial charge in [0.2, 0.25) is 0 Å². The fourth-order valence-corrected chi connectivity index (χ4v) is 4.33. The van der Waals surface area contributed by atoms with Crippen LogP contribution in [0.2, 0.25) is 0 Å². The van der Waals surface area contributed by atoms with E-state index in [1.807, 2.05) is 43.3 Å². The van der Waals surface area contributed by atoms with Crippen molar-refractivity contribution in [2.24, 2.45) is 4.99 Å². The fourth-order valence-electron chi connectivity index (χ4n) is 3.28. The van der Waals surface area contributed by atoms with Crippen LogP contribution in [0.3, 0.4) is 0 Å². The number of para-hydroxylation sites is 1. The molecule has 0 spiro atoms. The normalized spacial score (nSPS) is 15.9. The Morgan fingerprint density at radius 2 is 1.91 bits per heavy atom. The number of thioether (sulfide) groups is 1. The van der Waals surface area contributed by atoms with Crippen LogP contribution in [0, 0.1) is 0 Å². The van der Waals surface area contributed by atoms with Crippen LogP contribution in [0.25, 0.3) is 6.08 Å². The lowest BCUT2D eigenvalue weighted by atomic mass is 10.1. The Labute approximate surface area is 198 Å². The van der Waals surface area contributed by atoms with E-state index in [1.54, 1.807) is 24.0 Å². The van der Waals surface area contributed by atoms with Gasteiger partial charge < -0.3 is 14.2 Å². The lowest BCUT2D eigenvalue weighted by molar-refractivity contribution is -0.145. The summed E-state index contributed by atoms with van der Waals surface area (Å²) in [7, 11) is 1.52. The maximum atomic E-state index is 13.0. The van der Waals surface area contributed by atoms with Crippen molar-refractivity contribution in [3.63, 3.8) is 0 Å². The maximum absolute atomic E-state index is 13.0. The van der Waals surface area contributed by atoms with Crippen molar-refractivity contribution >= 4 is 40.6 Å². The van der Waals surface area contributed by atoms with E-state index in [1.165, 1.54) is 18.9 Å². The molecular weight excluding hydrogens is 440 g/mol. The van der Waals surface area contributed by atoms with Gasteiger partial charge in [-0.05, 0) is 67.4 Å². The molecular formula is C25H28N2O5S. The van der Waals surface area contributed by atoms with E-state index in [0.29, 0.717) is 34.7 Å². The molecule has 0 aromatic heterocycles. The molecule has 0 unspecified atom stereocenters. The van der Waals surface area contributed by atoms with Crippen molar-refractivity contribution in [1.82, 2.24) is 4.90 Å². The van der Waals surface area contributed by atoms with Gasteiger partial charge in [0.1, 0.15) is 0 Å². The first-order chi connectivity index (χ1) is 16.0. The number of amides is 1. The molecule has 33 heavy (non-hydrogen) atoms. The molecule has 1 heterocycles. The molecule has 0 atom stereocenters. The fraction of sp³-hybridized carbons (Fsp3) is 0.320. The van der Waals surface area contributed by atoms with Gasteiger partial charge in [0.15, 0.2) is 23.3 Å². The molecule has 1 amide bonds. The maximum Gasteiger partial charge on any atom is 0.344 e. The third kappa shape index (κ3) is 5.96. The van der Waals surface area contributed by atoms with Gasteiger partial charge in [0.25, 0.3) is 5.91 Å². The summed E-state index contributed by atoms with van der Waals surface area (Å²) in [4.78, 5) is 31.6. The molecule has 0 saturated carbocycles. The molecule has 7 nitrogen and oxygen atoms in total. The number of carbonyl (C=O) groups excluding carboxylic acids is 2. The van der Waals surface area contributed by atoms with E-state index in [0.717, 1.165) is 23.2 Å². The number of ether oxygens (including phenoxy) is 3. The second kappa shape index (κ2) is 11.6. The van der Waals surface area contributed by atoms with Crippen LogP contribution in [-0.2, 0) is 20.7 Å². The zero-order valence-corrected chi connectivity index (χ0v) is 20.1. The van der Waals surface area contributed by atoms with E-state index in [9.17, 15) is 9.59 Å². The Bertz CT molecular complexity index is 1080. The van der Waals surface area contributed by atoms with E-state index in [2.05, 4.69) is 6.92 Å². The highest BCUT2D eigenvalue weighted by atomic mass is 32.2. The highest BCUT2D eigenvalue weighted by molar-refractivity contribution is 8.18. The zero-order valence-electron chi connectivity index (χ0n) is 19.3. The number of benzene rings is 2. The molecule has 1 aliphatic heterocycles. The lowest BCUT2D eigenvalue weighted by Crippen LogP contribution is -2.28. The highest BCUT2D eigenvalue weighted by Crippen LogP contribution is 2.36. The van der Waals surface area contributed by atoms with Gasteiger partial charge in [-0.3, -0.25) is 9.69 Å². The topological polar surface area (TPSA) is 77.4 Å². The van der Waals surface area contributed by atoms with Crippen LogP contribution in [-0.4, -0.2) is 48.8 Å². The number of hydrogen-bond acceptors (Lipinski definition) is 7. The minimum atomic E-state index is -0.449. The first kappa shape index (κ1) is 24.4. The molecule has 0 N–H and O–H groups in total. The second-order valence-electron chi connectivity index (χ2n) is 7.04. The van der Waals surface area contributed by atoms with Gasteiger partial charge in [-0.15, -0.1) is 0 Å². The SMILES string of the molecule is CCOC(=O)COc1ccc(/C=C2/SC(=Nc3ccccc3CC)N(CC)C2=O)cc1OC. The standard InChI is InChI=1S/C25H28N2O5S/c1-5-18-10-8-9-11-19(18)26-25-27(6-2)24(29)22(33-25)15-17-12-13-20(21(14-17)30-4)32-16-23(28)31-7-3/h8-15H,5-7,16H2,1-4H3/b22-15+,26-25?. The molecule has 8 heteroatoms. The Kier molecular flexibility index (Phi) is 8.54. The summed E-state index contributed by atoms with van der Waals surface area (Å²) in [6.45, 7) is 6.37. The minimum Gasteiger partial charge on any atom is -0.493 e. The van der Waals surface area contributed by atoms with Gasteiger partial charge in [-0.2, -0.15) is 0 Å². The van der Waals surface area contributed by atoms with Crippen LogP contribution in [0.1, 0.15) is 31.9 Å². The average Bonchev–Trinajstić information content (AvgIpc) is 3.12. The minimum absolute atomic E-state index is 0.0863. The van der Waals surface area contributed by atoms with Gasteiger partial charge >= 0.3 is 5.97 Å². The number of nitrogens with zero attached hydrogens (tertiary/aromatic N) is 2. The van der Waals surface area contributed by atoms with E-state index >= 15 is 0 Å². The number of carbonyl (C=O) groups is 2. The molecule has 2 aromatic rings. The van der Waals surface area contributed by atoms with Crippen LogP contribution in [0.4, 0.5) is 5.69 Å². The number of amidine groups is 1. The Hall–Kier alpha value is -3.26. The van der Waals surface area contributed by atoms with E-state index in [4.69, 9.17) is 19.2 Å². The number of methoxy groups -OCH3 is 1. The highest BCUT2D eigenvalue weighted by Gasteiger charge is 2.32. The van der Waals surface area contributed by atoms with E-state index < -0.39 is 5.97 Å². The number of esters is 1. The first-order valence-electron chi connectivity index (χ1n) is 10.8. The molecule has 1 fully saturated rings. The Balaban J connectivity index is 1.84. The van der Waals surface area contributed by atoms with Crippen molar-refractivity contribution < 1.29 is 23.8 Å². The third-order valence-corrected chi connectivity index (χ3v) is 5.94. The summed E-state index contributed by atoms with van der Waals surface area (Å²) in [6.07, 6.45) is 2.67. The van der Waals surface area contributed by atoms with Crippen molar-refractivity contribution in [3.8, 4) is 11.5 Å². The molecule has 174 valence electrons. The number of hydrogen-bond donors (Lipinski definition) is 0. The summed E-state index contributed by atoms with van der Waals surface area (Å²) in [5.74, 6) is 0.348. The predicted molar refractivity (Wildman–Crippen MR) is 131 cm³/mol. The average molecular weight is 469 g/mol. The number of likely N-dealkylation sites (N-methyl/N-ethyl adjacent to an activating group) is 1. The molecule has 0 aliphatic carbocycles. The summed E-state index contributed by atoms with van der Waals surface area (Å²) in [6, 6.07) is 13.2. The van der Waals surface area contributed by atoms with Crippen LogP contribution in [0.15, 0.2) is 52.4 Å². The third-order valence-electron chi connectivity index (χ3n) is 4.93. The monoisotopic (exact) mass is 468 g/mol. The van der Waals surface area contributed by atoms with Crippen LogP contribution < -0.4 is 9.47 Å². The lowest BCUT2D eigenvalue weighted by Gasteiger charge is -2.13. The molecule has 2 aromatic carbocycles. The van der Waals surface area contributed by atoms with Crippen molar-refractivity contribution in [3.05, 3.63) is 58.5 Å². The molecule has 0 bridgehead atoms. The Morgan fingerprint density at radius 1 is 1.12 bits per heavy atom. The summed E-state index contributed by atoms with van der Waals surface area (Å²) in [5, 5.41) is 0.663. The number of rotatable bonds is 9. The van der Waals surface area contributed by atoms with Crippen molar-refractivity contribution in [2.75, 3.05) is 26.9 Å². The van der Waals surface area contributed by atoms with Crippen LogP contribution >= 0.6 is 11.8 Å². The summed E-state index contributed by atoms with van der Waals surface area (Å²) < 4.78 is 15.8. The molecule has 0 radical (unpaired) electrons. The quantitative estimate of drug-likeness (QED) is 0.388. The largest absolute Gasteiger partial charge is 0.493 e. The number of aliphatic imine (C=N–C) groups is 1. The van der Waals surface area contributed by atoms with Gasteiger partial charge in [0, 0.05) is 6.54 Å². The summed E-state index contributed by atoms with van der Waals surface area (Å²) >= 11 is 1.35. The summed E-state index contributed by atoms with van der Waals surface area (Å²) in [5.41, 5.74) is 2.78. The zero-order chi connectivity index (χ0) is 23.8. The first-order valence-corrected chi connectivity index (χ1v) is 11.7. The molecule has 1 aliphatic rings. The van der Waals surface area contributed by atoms with Crippen molar-refractivity contribution in [1.29, 1.82) is 0 Å². The second-order valence-corrected chi connectivity index (χ2v) is 8.05.